The Kier molecular flexibility index (Phi) is 4.26. The molecule has 0 saturated heterocycles. The van der Waals surface area contributed by atoms with Crippen molar-refractivity contribution in [1.29, 1.82) is 0 Å². The highest BCUT2D eigenvalue weighted by molar-refractivity contribution is 6.30. The largest absolute Gasteiger partial charge is 0.492 e. The van der Waals surface area contributed by atoms with E-state index < -0.39 is 5.38 Å². The van der Waals surface area contributed by atoms with Gasteiger partial charge in [-0.2, -0.15) is 0 Å². The molecular weight excluding hydrogens is 202 g/mol. The predicted molar refractivity (Wildman–Crippen MR) is 55.6 cm³/mol. The summed E-state index contributed by atoms with van der Waals surface area (Å²) in [5, 5.41) is 1.80. The summed E-state index contributed by atoms with van der Waals surface area (Å²) in [5.74, 6) is 0.477. The van der Waals surface area contributed by atoms with Crippen LogP contribution < -0.4 is 10.1 Å². The van der Waals surface area contributed by atoms with Crippen LogP contribution in [0.15, 0.2) is 30.3 Å². The Morgan fingerprint density at radius 2 is 2.14 bits per heavy atom. The van der Waals surface area contributed by atoms with Crippen LogP contribution in [-0.4, -0.2) is 24.9 Å². The van der Waals surface area contributed by atoms with Crippen LogP contribution in [0.4, 0.5) is 0 Å². The van der Waals surface area contributed by atoms with E-state index in [-0.39, 0.29) is 12.5 Å². The number of hydrogen-bond acceptors (Lipinski definition) is 2. The van der Waals surface area contributed by atoms with Crippen LogP contribution in [0.3, 0.4) is 0 Å². The van der Waals surface area contributed by atoms with Gasteiger partial charge in [-0.05, 0) is 12.1 Å². The molecule has 1 unspecified atom stereocenters. The van der Waals surface area contributed by atoms with Gasteiger partial charge >= 0.3 is 0 Å². The van der Waals surface area contributed by atoms with Crippen molar-refractivity contribution in [2.24, 2.45) is 0 Å². The minimum Gasteiger partial charge on any atom is -0.492 e. The van der Waals surface area contributed by atoms with E-state index in [0.29, 0.717) is 5.75 Å². The molecule has 1 aromatic carbocycles. The van der Waals surface area contributed by atoms with Crippen LogP contribution in [0.2, 0.25) is 0 Å². The molecule has 1 N–H and O–H groups in total. The second-order valence-electron chi connectivity index (χ2n) is 2.71. The fourth-order valence-electron chi connectivity index (χ4n) is 0.918. The van der Waals surface area contributed by atoms with E-state index in [4.69, 9.17) is 16.3 Å². The normalized spacial score (nSPS) is 11.9. The van der Waals surface area contributed by atoms with E-state index in [1.807, 2.05) is 30.3 Å². The molecular formula is C10H12ClNO2. The summed E-state index contributed by atoms with van der Waals surface area (Å²) in [6, 6.07) is 9.24. The molecule has 0 fully saturated rings. The average molecular weight is 214 g/mol. The number of halogens is 1. The van der Waals surface area contributed by atoms with Gasteiger partial charge in [-0.25, -0.2) is 0 Å². The Labute approximate surface area is 88.0 Å². The number of carbonyl (C=O) groups excluding carboxylic acids is 1. The maximum Gasteiger partial charge on any atom is 0.241 e. The minimum atomic E-state index is -0.653. The number of nitrogens with one attached hydrogen (secondary N) is 1. The maximum absolute atomic E-state index is 11.0. The Morgan fingerprint density at radius 3 is 2.71 bits per heavy atom. The van der Waals surface area contributed by atoms with Crippen molar-refractivity contribution in [3.8, 4) is 5.75 Å². The van der Waals surface area contributed by atoms with Crippen LogP contribution >= 0.6 is 11.6 Å². The van der Waals surface area contributed by atoms with Crippen molar-refractivity contribution in [2.45, 2.75) is 5.38 Å². The lowest BCUT2D eigenvalue weighted by molar-refractivity contribution is -0.120. The summed E-state index contributed by atoms with van der Waals surface area (Å²) in [6.07, 6.45) is 0. The topological polar surface area (TPSA) is 38.3 Å². The van der Waals surface area contributed by atoms with Gasteiger partial charge in [-0.1, -0.05) is 18.2 Å². The number of carbonyl (C=O) groups is 1. The van der Waals surface area contributed by atoms with Crippen molar-refractivity contribution in [1.82, 2.24) is 5.32 Å². The number of amides is 1. The molecule has 0 saturated carbocycles. The van der Waals surface area contributed by atoms with E-state index in [1.54, 1.807) is 7.05 Å². The molecule has 3 nitrogen and oxygen atoms in total. The predicted octanol–water partition coefficient (Wildman–Crippen LogP) is 1.42. The molecule has 0 radical (unpaired) electrons. The van der Waals surface area contributed by atoms with Gasteiger partial charge in [-0.3, -0.25) is 4.79 Å². The van der Waals surface area contributed by atoms with Gasteiger partial charge in [0.25, 0.3) is 0 Å². The first-order valence-corrected chi connectivity index (χ1v) is 4.71. The standard InChI is InChI=1S/C10H12ClNO2/c1-12-10(13)9(11)7-14-8-5-3-2-4-6-8/h2-6,9H,7H2,1H3,(H,12,13). The average Bonchev–Trinajstić information content (AvgIpc) is 2.26. The molecule has 1 amide bonds. The molecule has 76 valence electrons. The van der Waals surface area contributed by atoms with Crippen molar-refractivity contribution in [2.75, 3.05) is 13.7 Å². The van der Waals surface area contributed by atoms with Crippen LogP contribution in [0, 0.1) is 0 Å². The summed E-state index contributed by atoms with van der Waals surface area (Å²) in [7, 11) is 1.54. The smallest absolute Gasteiger partial charge is 0.241 e. The molecule has 1 rings (SSSR count). The Bertz CT molecular complexity index is 289. The van der Waals surface area contributed by atoms with Crippen LogP contribution in [0.5, 0.6) is 5.75 Å². The number of benzene rings is 1. The van der Waals surface area contributed by atoms with Crippen LogP contribution in [0.25, 0.3) is 0 Å². The number of alkyl halides is 1. The van der Waals surface area contributed by atoms with Gasteiger partial charge in [0, 0.05) is 7.05 Å². The molecule has 0 heterocycles. The van der Waals surface area contributed by atoms with Crippen LogP contribution in [0.1, 0.15) is 0 Å². The Balaban J connectivity index is 2.38. The zero-order valence-electron chi connectivity index (χ0n) is 7.87. The second-order valence-corrected chi connectivity index (χ2v) is 3.23. The molecule has 0 aliphatic carbocycles. The van der Waals surface area contributed by atoms with E-state index in [9.17, 15) is 4.79 Å². The SMILES string of the molecule is CNC(=O)C(Cl)COc1ccccc1. The summed E-state index contributed by atoms with van der Waals surface area (Å²) < 4.78 is 5.30. The lowest BCUT2D eigenvalue weighted by Gasteiger charge is -2.09. The molecule has 14 heavy (non-hydrogen) atoms. The number of para-hydroxylation sites is 1. The molecule has 0 bridgehead atoms. The van der Waals surface area contributed by atoms with Crippen molar-refractivity contribution in [3.05, 3.63) is 30.3 Å². The fraction of sp³-hybridized carbons (Fsp3) is 0.300. The van der Waals surface area contributed by atoms with Gasteiger partial charge in [0.1, 0.15) is 17.7 Å². The first-order valence-electron chi connectivity index (χ1n) is 4.27. The second kappa shape index (κ2) is 5.50. The first-order chi connectivity index (χ1) is 6.74. The zero-order valence-corrected chi connectivity index (χ0v) is 8.62. The quantitative estimate of drug-likeness (QED) is 0.769. The Morgan fingerprint density at radius 1 is 1.50 bits per heavy atom. The van der Waals surface area contributed by atoms with Gasteiger partial charge in [0.2, 0.25) is 5.91 Å². The number of hydrogen-bond donors (Lipinski definition) is 1. The highest BCUT2D eigenvalue weighted by Crippen LogP contribution is 2.09. The monoisotopic (exact) mass is 213 g/mol. The highest BCUT2D eigenvalue weighted by atomic mass is 35.5. The van der Waals surface area contributed by atoms with Crippen molar-refractivity contribution >= 4 is 17.5 Å². The third kappa shape index (κ3) is 3.26. The first kappa shape index (κ1) is 10.9. The molecule has 1 aromatic rings. The third-order valence-electron chi connectivity index (χ3n) is 1.67. The summed E-state index contributed by atoms with van der Waals surface area (Å²) in [4.78, 5) is 11.0. The van der Waals surface area contributed by atoms with Gasteiger partial charge in [0.05, 0.1) is 0 Å². The lowest BCUT2D eigenvalue weighted by Crippen LogP contribution is -2.32. The minimum absolute atomic E-state index is 0.172. The molecule has 0 aliphatic heterocycles. The van der Waals surface area contributed by atoms with Gasteiger partial charge in [0.15, 0.2) is 0 Å². The number of ether oxygens (including phenoxy) is 1. The molecule has 0 aromatic heterocycles. The summed E-state index contributed by atoms with van der Waals surface area (Å²) >= 11 is 5.74. The van der Waals surface area contributed by atoms with E-state index in [2.05, 4.69) is 5.32 Å². The van der Waals surface area contributed by atoms with E-state index in [1.165, 1.54) is 0 Å². The van der Waals surface area contributed by atoms with Gasteiger partial charge < -0.3 is 10.1 Å². The molecule has 0 aliphatic rings. The van der Waals surface area contributed by atoms with Crippen molar-refractivity contribution < 1.29 is 9.53 Å². The van der Waals surface area contributed by atoms with Gasteiger partial charge in [-0.15, -0.1) is 11.6 Å². The summed E-state index contributed by atoms with van der Waals surface area (Å²) in [6.45, 7) is 0.172. The van der Waals surface area contributed by atoms with Crippen LogP contribution in [-0.2, 0) is 4.79 Å². The molecule has 4 heteroatoms. The zero-order chi connectivity index (χ0) is 10.4. The molecule has 1 atom stereocenters. The highest BCUT2D eigenvalue weighted by Gasteiger charge is 2.13. The molecule has 0 spiro atoms. The maximum atomic E-state index is 11.0. The van der Waals surface area contributed by atoms with E-state index in [0.717, 1.165) is 0 Å². The van der Waals surface area contributed by atoms with E-state index >= 15 is 0 Å². The number of rotatable bonds is 4. The third-order valence-corrected chi connectivity index (χ3v) is 1.99. The lowest BCUT2D eigenvalue weighted by atomic mass is 10.3. The fourth-order valence-corrected chi connectivity index (χ4v) is 1.09. The van der Waals surface area contributed by atoms with Crippen molar-refractivity contribution in [3.63, 3.8) is 0 Å². The summed E-state index contributed by atoms with van der Waals surface area (Å²) in [5.41, 5.74) is 0. The Hall–Kier alpha value is -1.22.